The van der Waals surface area contributed by atoms with Crippen LogP contribution >= 0.6 is 0 Å². The molecule has 4 nitrogen and oxygen atoms in total. The minimum atomic E-state index is -4.21. The van der Waals surface area contributed by atoms with Crippen molar-refractivity contribution in [1.29, 1.82) is 0 Å². The van der Waals surface area contributed by atoms with Crippen molar-refractivity contribution in [3.05, 3.63) is 29.8 Å². The minimum Gasteiger partial charge on any atom is -0.481 e. The monoisotopic (exact) mass is 326 g/mol. The normalized spacial score (nSPS) is 16.0. The van der Waals surface area contributed by atoms with Gasteiger partial charge in [0.15, 0.2) is 0 Å². The van der Waals surface area contributed by atoms with Crippen LogP contribution in [0.2, 0.25) is 0 Å². The van der Waals surface area contributed by atoms with Crippen molar-refractivity contribution in [2.45, 2.75) is 6.18 Å². The van der Waals surface area contributed by atoms with E-state index in [0.717, 1.165) is 0 Å². The van der Waals surface area contributed by atoms with Gasteiger partial charge in [0.25, 0.3) is 5.91 Å². The smallest absolute Gasteiger partial charge is 0.401 e. The van der Waals surface area contributed by atoms with E-state index >= 15 is 0 Å². The Bertz CT molecular complexity index is 570. The summed E-state index contributed by atoms with van der Waals surface area (Å²) in [7, 11) is 0. The predicted octanol–water partition coefficient (Wildman–Crippen LogP) is 2.02. The maximum absolute atomic E-state index is 12.3. The number of piperazine rings is 1. The van der Waals surface area contributed by atoms with Crippen LogP contribution in [0.1, 0.15) is 10.4 Å². The number of hydrogen-bond acceptors (Lipinski definition) is 3. The molecule has 7 heteroatoms. The minimum absolute atomic E-state index is 0.147. The molecule has 1 heterocycles. The van der Waals surface area contributed by atoms with Crippen LogP contribution < -0.4 is 4.74 Å². The quantitative estimate of drug-likeness (QED) is 0.794. The number of carbonyl (C=O) groups excluding carboxylic acids is 1. The largest absolute Gasteiger partial charge is 0.481 e. The molecule has 1 amide bonds. The predicted molar refractivity (Wildman–Crippen MR) is 79.2 cm³/mol. The molecule has 23 heavy (non-hydrogen) atoms. The first kappa shape index (κ1) is 17.2. The van der Waals surface area contributed by atoms with E-state index in [2.05, 4.69) is 5.92 Å². The molecule has 1 aromatic carbocycles. The number of alkyl halides is 3. The van der Waals surface area contributed by atoms with Gasteiger partial charge in [0.05, 0.1) is 6.54 Å². The average molecular weight is 326 g/mol. The first-order chi connectivity index (χ1) is 10.9. The van der Waals surface area contributed by atoms with Crippen LogP contribution in [0.25, 0.3) is 0 Å². The third kappa shape index (κ3) is 5.18. The van der Waals surface area contributed by atoms with E-state index in [1.165, 1.54) is 4.90 Å². The van der Waals surface area contributed by atoms with Gasteiger partial charge >= 0.3 is 6.18 Å². The fourth-order valence-electron chi connectivity index (χ4n) is 2.36. The van der Waals surface area contributed by atoms with Gasteiger partial charge in [-0.2, -0.15) is 13.2 Å². The summed E-state index contributed by atoms with van der Waals surface area (Å²) in [6.07, 6.45) is 0.883. The SMILES string of the molecule is C#CCOc1ccc(C(=O)N2CCN(CC(F)(F)F)CC2)cc1. The number of amides is 1. The molecule has 0 saturated carbocycles. The zero-order chi connectivity index (χ0) is 16.9. The van der Waals surface area contributed by atoms with E-state index in [0.29, 0.717) is 11.3 Å². The lowest BCUT2D eigenvalue weighted by Gasteiger charge is -2.35. The number of nitrogens with zero attached hydrogens (tertiary/aromatic N) is 2. The lowest BCUT2D eigenvalue weighted by molar-refractivity contribution is -0.148. The van der Waals surface area contributed by atoms with Crippen molar-refractivity contribution in [3.63, 3.8) is 0 Å². The summed E-state index contributed by atoms with van der Waals surface area (Å²) < 4.78 is 42.2. The van der Waals surface area contributed by atoms with Gasteiger partial charge in [-0.05, 0) is 24.3 Å². The Hall–Kier alpha value is -2.20. The first-order valence-electron chi connectivity index (χ1n) is 7.14. The topological polar surface area (TPSA) is 32.8 Å². The fraction of sp³-hybridized carbons (Fsp3) is 0.438. The van der Waals surface area contributed by atoms with Gasteiger partial charge in [-0.25, -0.2) is 0 Å². The zero-order valence-electron chi connectivity index (χ0n) is 12.5. The van der Waals surface area contributed by atoms with Gasteiger partial charge < -0.3 is 9.64 Å². The van der Waals surface area contributed by atoms with Crippen LogP contribution in [0.3, 0.4) is 0 Å². The van der Waals surface area contributed by atoms with Gasteiger partial charge in [-0.3, -0.25) is 9.69 Å². The van der Waals surface area contributed by atoms with Crippen molar-refractivity contribution in [3.8, 4) is 18.1 Å². The summed E-state index contributed by atoms with van der Waals surface area (Å²) in [6.45, 7) is 0.211. The Labute approximate surface area is 132 Å². The molecule has 0 spiro atoms. The second kappa shape index (κ2) is 7.38. The molecule has 0 radical (unpaired) electrons. The van der Waals surface area contributed by atoms with Crippen molar-refractivity contribution in [2.24, 2.45) is 0 Å². The molecule has 1 aromatic rings. The average Bonchev–Trinajstić information content (AvgIpc) is 2.52. The third-order valence-corrected chi connectivity index (χ3v) is 3.49. The van der Waals surface area contributed by atoms with E-state index in [-0.39, 0.29) is 38.7 Å². The number of hydrogen-bond donors (Lipinski definition) is 0. The van der Waals surface area contributed by atoms with Gasteiger partial charge in [0, 0.05) is 31.7 Å². The molecule has 0 aliphatic carbocycles. The van der Waals surface area contributed by atoms with Crippen molar-refractivity contribution in [1.82, 2.24) is 9.80 Å². The Morgan fingerprint density at radius 2 is 1.78 bits per heavy atom. The van der Waals surface area contributed by atoms with Crippen LogP contribution in [0.15, 0.2) is 24.3 Å². The molecular formula is C16H17F3N2O2. The van der Waals surface area contributed by atoms with Crippen LogP contribution in [-0.2, 0) is 0 Å². The third-order valence-electron chi connectivity index (χ3n) is 3.49. The van der Waals surface area contributed by atoms with Crippen LogP contribution in [0.5, 0.6) is 5.75 Å². The molecule has 124 valence electrons. The molecule has 1 saturated heterocycles. The summed E-state index contributed by atoms with van der Waals surface area (Å²) in [4.78, 5) is 15.2. The van der Waals surface area contributed by atoms with Crippen LogP contribution in [-0.4, -0.2) is 61.2 Å². The first-order valence-corrected chi connectivity index (χ1v) is 7.14. The number of benzene rings is 1. The highest BCUT2D eigenvalue weighted by Crippen LogP contribution is 2.19. The molecule has 2 rings (SSSR count). The number of ether oxygens (including phenoxy) is 1. The van der Waals surface area contributed by atoms with Gasteiger partial charge in [0.2, 0.25) is 0 Å². The van der Waals surface area contributed by atoms with Crippen LogP contribution in [0, 0.1) is 12.3 Å². The molecule has 0 aromatic heterocycles. The second-order valence-corrected chi connectivity index (χ2v) is 5.20. The van der Waals surface area contributed by atoms with Gasteiger partial charge in [-0.15, -0.1) is 6.42 Å². The van der Waals surface area contributed by atoms with E-state index in [9.17, 15) is 18.0 Å². The Morgan fingerprint density at radius 1 is 1.17 bits per heavy atom. The number of terminal acetylenes is 1. The highest BCUT2D eigenvalue weighted by molar-refractivity contribution is 5.94. The Balaban J connectivity index is 1.88. The van der Waals surface area contributed by atoms with Gasteiger partial charge in [0.1, 0.15) is 12.4 Å². The summed E-state index contributed by atoms with van der Waals surface area (Å²) in [5.41, 5.74) is 0.474. The molecule has 0 atom stereocenters. The lowest BCUT2D eigenvalue weighted by Crippen LogP contribution is -2.50. The standard InChI is InChI=1S/C16H17F3N2O2/c1-2-11-23-14-5-3-13(4-6-14)15(22)21-9-7-20(8-10-21)12-16(17,18)19/h1,3-6H,7-12H2. The highest BCUT2D eigenvalue weighted by atomic mass is 19.4. The number of rotatable bonds is 4. The number of carbonyl (C=O) groups is 1. The highest BCUT2D eigenvalue weighted by Gasteiger charge is 2.32. The summed E-state index contributed by atoms with van der Waals surface area (Å²) in [5, 5.41) is 0. The van der Waals surface area contributed by atoms with Crippen LogP contribution in [0.4, 0.5) is 13.2 Å². The van der Waals surface area contributed by atoms with Crippen molar-refractivity contribution >= 4 is 5.91 Å². The summed E-state index contributed by atoms with van der Waals surface area (Å²) in [6, 6.07) is 6.53. The Kier molecular flexibility index (Phi) is 5.50. The zero-order valence-corrected chi connectivity index (χ0v) is 12.5. The molecule has 0 N–H and O–H groups in total. The molecular weight excluding hydrogens is 309 g/mol. The molecule has 1 fully saturated rings. The van der Waals surface area contributed by atoms with E-state index in [4.69, 9.17) is 11.2 Å². The molecule has 0 bridgehead atoms. The fourth-order valence-corrected chi connectivity index (χ4v) is 2.36. The van der Waals surface area contributed by atoms with Gasteiger partial charge in [-0.1, -0.05) is 5.92 Å². The summed E-state index contributed by atoms with van der Waals surface area (Å²) in [5.74, 6) is 2.71. The maximum Gasteiger partial charge on any atom is 0.401 e. The lowest BCUT2D eigenvalue weighted by atomic mass is 10.1. The summed E-state index contributed by atoms with van der Waals surface area (Å²) >= 11 is 0. The number of halogens is 3. The van der Waals surface area contributed by atoms with E-state index in [1.54, 1.807) is 29.2 Å². The molecule has 1 aliphatic heterocycles. The van der Waals surface area contributed by atoms with E-state index in [1.807, 2.05) is 0 Å². The molecule has 0 unspecified atom stereocenters. The Morgan fingerprint density at radius 3 is 2.30 bits per heavy atom. The second-order valence-electron chi connectivity index (χ2n) is 5.20. The molecule has 1 aliphatic rings. The van der Waals surface area contributed by atoms with E-state index < -0.39 is 12.7 Å². The van der Waals surface area contributed by atoms with Crippen molar-refractivity contribution < 1.29 is 22.7 Å². The maximum atomic E-state index is 12.3. The van der Waals surface area contributed by atoms with Crippen molar-refractivity contribution in [2.75, 3.05) is 39.3 Å².